The highest BCUT2D eigenvalue weighted by atomic mass is 16.3. The molecule has 0 spiro atoms. The third kappa shape index (κ3) is 1.77. The smallest absolute Gasteiger partial charge is 0.275 e. The van der Waals surface area contributed by atoms with E-state index in [1.165, 1.54) is 12.7 Å². The number of piperidine rings is 1. The lowest BCUT2D eigenvalue weighted by Gasteiger charge is -2.29. The lowest BCUT2D eigenvalue weighted by Crippen LogP contribution is -2.42. The normalized spacial score (nSPS) is 18.5. The molecule has 2 rings (SSSR count). The van der Waals surface area contributed by atoms with Crippen LogP contribution in [0.2, 0.25) is 0 Å². The molecule has 0 saturated carbocycles. The molecule has 0 aliphatic carbocycles. The summed E-state index contributed by atoms with van der Waals surface area (Å²) < 4.78 is 4.76. The Balaban J connectivity index is 1.99. The number of hydrogen-bond acceptors (Lipinski definition) is 4. The van der Waals surface area contributed by atoms with Gasteiger partial charge in [-0.2, -0.15) is 0 Å². The van der Waals surface area contributed by atoms with Gasteiger partial charge >= 0.3 is 0 Å². The van der Waals surface area contributed by atoms with Gasteiger partial charge in [0.1, 0.15) is 6.26 Å². The molecule has 0 aromatic carbocycles. The van der Waals surface area contributed by atoms with Crippen LogP contribution >= 0.6 is 0 Å². The Morgan fingerprint density at radius 3 is 2.86 bits per heavy atom. The minimum absolute atomic E-state index is 0.0642. The van der Waals surface area contributed by atoms with Gasteiger partial charge in [-0.1, -0.05) is 0 Å². The first-order valence-electron chi connectivity index (χ1n) is 4.70. The average molecular weight is 195 g/mol. The highest BCUT2D eigenvalue weighted by Gasteiger charge is 2.22. The summed E-state index contributed by atoms with van der Waals surface area (Å²) in [5, 5.41) is 0. The molecular weight excluding hydrogens is 182 g/mol. The van der Waals surface area contributed by atoms with Gasteiger partial charge in [0, 0.05) is 19.1 Å². The van der Waals surface area contributed by atoms with Crippen molar-refractivity contribution in [3.63, 3.8) is 0 Å². The van der Waals surface area contributed by atoms with Crippen LogP contribution in [0, 0.1) is 0 Å². The maximum atomic E-state index is 11.7. The van der Waals surface area contributed by atoms with Crippen molar-refractivity contribution in [1.82, 2.24) is 9.88 Å². The number of amides is 1. The van der Waals surface area contributed by atoms with E-state index in [2.05, 4.69) is 4.98 Å². The van der Waals surface area contributed by atoms with E-state index in [1.807, 2.05) is 0 Å². The fraction of sp³-hybridized carbons (Fsp3) is 0.556. The number of hydrogen-bond donors (Lipinski definition) is 1. The van der Waals surface area contributed by atoms with Crippen LogP contribution in [0.15, 0.2) is 17.1 Å². The molecule has 2 N–H and O–H groups in total. The number of likely N-dealkylation sites (tertiary alicyclic amines) is 1. The van der Waals surface area contributed by atoms with Gasteiger partial charge in [-0.05, 0) is 12.8 Å². The molecule has 1 amide bonds. The average Bonchev–Trinajstić information content (AvgIpc) is 2.71. The monoisotopic (exact) mass is 195 g/mol. The van der Waals surface area contributed by atoms with Crippen LogP contribution < -0.4 is 5.73 Å². The van der Waals surface area contributed by atoms with E-state index in [0.29, 0.717) is 18.8 Å². The van der Waals surface area contributed by atoms with Crippen molar-refractivity contribution < 1.29 is 9.21 Å². The summed E-state index contributed by atoms with van der Waals surface area (Å²) in [6, 6.07) is 0.233. The zero-order valence-electron chi connectivity index (χ0n) is 7.85. The van der Waals surface area contributed by atoms with Crippen molar-refractivity contribution in [2.75, 3.05) is 13.1 Å². The van der Waals surface area contributed by atoms with Crippen molar-refractivity contribution in [3.05, 3.63) is 18.4 Å². The van der Waals surface area contributed by atoms with Gasteiger partial charge in [0.25, 0.3) is 5.91 Å². The first-order valence-corrected chi connectivity index (χ1v) is 4.70. The molecule has 14 heavy (non-hydrogen) atoms. The van der Waals surface area contributed by atoms with Gasteiger partial charge in [0.15, 0.2) is 12.1 Å². The molecule has 5 heteroatoms. The first kappa shape index (κ1) is 9.21. The Hall–Kier alpha value is -1.36. The summed E-state index contributed by atoms with van der Waals surface area (Å²) in [5.74, 6) is -0.0642. The summed E-state index contributed by atoms with van der Waals surface area (Å²) in [7, 11) is 0. The number of nitrogens with zero attached hydrogens (tertiary/aromatic N) is 2. The molecule has 2 heterocycles. The number of carbonyl (C=O) groups excluding carboxylic acids is 1. The van der Waals surface area contributed by atoms with Gasteiger partial charge in [-0.25, -0.2) is 4.98 Å². The van der Waals surface area contributed by atoms with E-state index >= 15 is 0 Å². The van der Waals surface area contributed by atoms with Crippen LogP contribution in [0.25, 0.3) is 0 Å². The summed E-state index contributed by atoms with van der Waals surface area (Å²) >= 11 is 0. The van der Waals surface area contributed by atoms with Crippen LogP contribution in [-0.4, -0.2) is 34.9 Å². The molecule has 1 aliphatic heterocycles. The van der Waals surface area contributed by atoms with Crippen molar-refractivity contribution in [2.45, 2.75) is 18.9 Å². The van der Waals surface area contributed by atoms with Crippen LogP contribution in [0.5, 0.6) is 0 Å². The maximum absolute atomic E-state index is 11.7. The molecule has 0 bridgehead atoms. The third-order valence-corrected chi connectivity index (χ3v) is 2.48. The van der Waals surface area contributed by atoms with E-state index in [1.54, 1.807) is 4.90 Å². The second-order valence-corrected chi connectivity index (χ2v) is 3.50. The fourth-order valence-electron chi connectivity index (χ4n) is 1.58. The maximum Gasteiger partial charge on any atom is 0.275 e. The molecule has 1 saturated heterocycles. The van der Waals surface area contributed by atoms with E-state index < -0.39 is 0 Å². The fourth-order valence-corrected chi connectivity index (χ4v) is 1.58. The quantitative estimate of drug-likeness (QED) is 0.696. The Morgan fingerprint density at radius 1 is 1.57 bits per heavy atom. The second kappa shape index (κ2) is 3.79. The Kier molecular flexibility index (Phi) is 2.49. The molecular formula is C9H13N3O2. The first-order chi connectivity index (χ1) is 6.77. The molecule has 76 valence electrons. The lowest BCUT2D eigenvalue weighted by atomic mass is 10.1. The molecule has 1 aliphatic rings. The van der Waals surface area contributed by atoms with E-state index in [9.17, 15) is 4.79 Å². The Labute approximate surface area is 81.9 Å². The van der Waals surface area contributed by atoms with Crippen molar-refractivity contribution >= 4 is 5.91 Å². The Morgan fingerprint density at radius 2 is 2.29 bits per heavy atom. The van der Waals surface area contributed by atoms with Gasteiger partial charge < -0.3 is 15.1 Å². The van der Waals surface area contributed by atoms with Crippen molar-refractivity contribution in [2.24, 2.45) is 5.73 Å². The number of carbonyl (C=O) groups is 1. The Bertz CT molecular complexity index is 302. The largest absolute Gasteiger partial charge is 0.451 e. The third-order valence-electron chi connectivity index (χ3n) is 2.48. The number of nitrogens with two attached hydrogens (primary N) is 1. The molecule has 0 radical (unpaired) electrons. The molecule has 1 aromatic rings. The number of aromatic nitrogens is 1. The van der Waals surface area contributed by atoms with E-state index in [0.717, 1.165) is 12.8 Å². The minimum atomic E-state index is -0.0642. The van der Waals surface area contributed by atoms with Crippen LogP contribution in [0.3, 0.4) is 0 Å². The molecule has 0 atom stereocenters. The SMILES string of the molecule is NC1CCN(C(=O)c2cocn2)CC1. The van der Waals surface area contributed by atoms with Gasteiger partial charge in [-0.15, -0.1) is 0 Å². The topological polar surface area (TPSA) is 72.4 Å². The number of oxazole rings is 1. The highest BCUT2D eigenvalue weighted by Crippen LogP contribution is 2.11. The van der Waals surface area contributed by atoms with E-state index in [4.69, 9.17) is 10.2 Å². The second-order valence-electron chi connectivity index (χ2n) is 3.50. The van der Waals surface area contributed by atoms with Gasteiger partial charge in [-0.3, -0.25) is 4.79 Å². The number of rotatable bonds is 1. The molecule has 0 unspecified atom stereocenters. The van der Waals surface area contributed by atoms with Crippen LogP contribution in [-0.2, 0) is 0 Å². The predicted octanol–water partition coefficient (Wildman–Crippen LogP) is 0.238. The van der Waals surface area contributed by atoms with Gasteiger partial charge in [0.2, 0.25) is 0 Å². The molecule has 1 fully saturated rings. The van der Waals surface area contributed by atoms with Crippen molar-refractivity contribution in [3.8, 4) is 0 Å². The molecule has 5 nitrogen and oxygen atoms in total. The molecule has 1 aromatic heterocycles. The van der Waals surface area contributed by atoms with E-state index in [-0.39, 0.29) is 11.9 Å². The summed E-state index contributed by atoms with van der Waals surface area (Å²) in [4.78, 5) is 17.3. The van der Waals surface area contributed by atoms with Gasteiger partial charge in [0.05, 0.1) is 0 Å². The lowest BCUT2D eigenvalue weighted by molar-refractivity contribution is 0.0709. The zero-order chi connectivity index (χ0) is 9.97. The van der Waals surface area contributed by atoms with Crippen molar-refractivity contribution in [1.29, 1.82) is 0 Å². The van der Waals surface area contributed by atoms with Crippen LogP contribution in [0.1, 0.15) is 23.3 Å². The standard InChI is InChI=1S/C9H13N3O2/c10-7-1-3-12(4-2-7)9(13)8-5-14-6-11-8/h5-7H,1-4,10H2. The summed E-state index contributed by atoms with van der Waals surface area (Å²) in [6.45, 7) is 1.43. The minimum Gasteiger partial charge on any atom is -0.451 e. The summed E-state index contributed by atoms with van der Waals surface area (Å²) in [6.07, 6.45) is 4.37. The predicted molar refractivity (Wildman–Crippen MR) is 49.6 cm³/mol. The summed E-state index contributed by atoms with van der Waals surface area (Å²) in [5.41, 5.74) is 6.12. The highest BCUT2D eigenvalue weighted by molar-refractivity contribution is 5.91. The van der Waals surface area contributed by atoms with Crippen LogP contribution in [0.4, 0.5) is 0 Å². The zero-order valence-corrected chi connectivity index (χ0v) is 7.85.